The van der Waals surface area contributed by atoms with E-state index in [0.717, 1.165) is 38.5 Å². The van der Waals surface area contributed by atoms with Gasteiger partial charge in [-0.05, 0) is 36.9 Å². The van der Waals surface area contributed by atoms with Crippen molar-refractivity contribution in [1.82, 2.24) is 13.6 Å². The molecule has 0 atom stereocenters. The molecule has 3 heterocycles. The lowest BCUT2D eigenvalue weighted by Gasteiger charge is -2.32. The highest BCUT2D eigenvalue weighted by Crippen LogP contribution is 2.38. The van der Waals surface area contributed by atoms with Crippen LogP contribution in [-0.2, 0) is 13.2 Å². The van der Waals surface area contributed by atoms with Gasteiger partial charge in [0, 0.05) is 49.1 Å². The predicted molar refractivity (Wildman–Crippen MR) is 134 cm³/mol. The van der Waals surface area contributed by atoms with E-state index in [4.69, 9.17) is 4.74 Å². The second-order valence-electron chi connectivity index (χ2n) is 8.74. The fourth-order valence-electron chi connectivity index (χ4n) is 4.73. The molecule has 1 fully saturated rings. The number of nitrogens with zero attached hydrogens (tertiary/aromatic N) is 3. The summed E-state index contributed by atoms with van der Waals surface area (Å²) < 4.78 is 9.96. The lowest BCUT2D eigenvalue weighted by atomic mass is 10.1. The fraction of sp³-hybridized carbons (Fsp3) is 0.259. The third-order valence-corrected chi connectivity index (χ3v) is 7.67. The zero-order valence-corrected chi connectivity index (χ0v) is 19.1. The number of hydrogen-bond acceptors (Lipinski definition) is 4. The van der Waals surface area contributed by atoms with Gasteiger partial charge in [-0.1, -0.05) is 60.1 Å². The highest BCUT2D eigenvalue weighted by atomic mass is 32.1. The average Bonchev–Trinajstić information content (AvgIpc) is 3.35. The van der Waals surface area contributed by atoms with E-state index in [-0.39, 0.29) is 0 Å². The minimum Gasteiger partial charge on any atom is -0.489 e. The lowest BCUT2D eigenvalue weighted by Crippen LogP contribution is -2.43. The number of piperazine rings is 1. The van der Waals surface area contributed by atoms with Crippen molar-refractivity contribution in [2.45, 2.75) is 13.2 Å². The molecule has 5 heteroatoms. The maximum absolute atomic E-state index is 6.19. The van der Waals surface area contributed by atoms with Gasteiger partial charge in [0.2, 0.25) is 0 Å². The molecule has 5 aromatic rings. The third-order valence-electron chi connectivity index (χ3n) is 6.56. The number of fused-ring (bicyclic) bond motifs is 5. The molecule has 0 bridgehead atoms. The van der Waals surface area contributed by atoms with Gasteiger partial charge in [0.1, 0.15) is 12.4 Å². The molecule has 2 aromatic heterocycles. The molecule has 6 rings (SSSR count). The van der Waals surface area contributed by atoms with Gasteiger partial charge in [0.25, 0.3) is 0 Å². The SMILES string of the molecule is CN1CCN(Cc2c3cc(OCc4ccccc4)ccc3n3sc4ccccc4c23)CC1. The van der Waals surface area contributed by atoms with Crippen LogP contribution in [0.5, 0.6) is 5.75 Å². The topological polar surface area (TPSA) is 20.1 Å². The van der Waals surface area contributed by atoms with E-state index in [2.05, 4.69) is 87.4 Å². The summed E-state index contributed by atoms with van der Waals surface area (Å²) in [6.45, 7) is 6.05. The molecule has 1 saturated heterocycles. The molecular formula is C27H27N3OS. The first-order chi connectivity index (χ1) is 15.8. The van der Waals surface area contributed by atoms with Crippen LogP contribution in [0, 0.1) is 0 Å². The first kappa shape index (κ1) is 19.8. The van der Waals surface area contributed by atoms with Crippen molar-refractivity contribution in [2.75, 3.05) is 33.2 Å². The van der Waals surface area contributed by atoms with Gasteiger partial charge in [-0.3, -0.25) is 8.69 Å². The molecule has 4 nitrogen and oxygen atoms in total. The molecule has 1 aliphatic heterocycles. The van der Waals surface area contributed by atoms with Gasteiger partial charge in [0.05, 0.1) is 15.7 Å². The smallest absolute Gasteiger partial charge is 0.120 e. The van der Waals surface area contributed by atoms with Gasteiger partial charge < -0.3 is 9.64 Å². The Hall–Kier alpha value is -2.86. The van der Waals surface area contributed by atoms with Crippen LogP contribution in [0.15, 0.2) is 72.8 Å². The van der Waals surface area contributed by atoms with Crippen LogP contribution in [0.2, 0.25) is 0 Å². The Kier molecular flexibility index (Phi) is 5.10. The van der Waals surface area contributed by atoms with Crippen molar-refractivity contribution in [2.24, 2.45) is 0 Å². The van der Waals surface area contributed by atoms with E-state index in [1.807, 2.05) is 17.6 Å². The van der Waals surface area contributed by atoms with Gasteiger partial charge >= 0.3 is 0 Å². The molecular weight excluding hydrogens is 414 g/mol. The molecule has 0 unspecified atom stereocenters. The van der Waals surface area contributed by atoms with Crippen molar-refractivity contribution in [3.8, 4) is 5.75 Å². The number of rotatable bonds is 5. The van der Waals surface area contributed by atoms with Crippen LogP contribution in [0.4, 0.5) is 0 Å². The van der Waals surface area contributed by atoms with Gasteiger partial charge in [-0.15, -0.1) is 0 Å². The Labute approximate surface area is 192 Å². The first-order valence-corrected chi connectivity index (χ1v) is 12.1. The highest BCUT2D eigenvalue weighted by molar-refractivity contribution is 7.14. The zero-order valence-electron chi connectivity index (χ0n) is 18.3. The van der Waals surface area contributed by atoms with E-state index < -0.39 is 0 Å². The van der Waals surface area contributed by atoms with E-state index >= 15 is 0 Å². The summed E-state index contributed by atoms with van der Waals surface area (Å²) >= 11 is 1.84. The maximum atomic E-state index is 6.19. The summed E-state index contributed by atoms with van der Waals surface area (Å²) in [6, 6.07) is 25.7. The monoisotopic (exact) mass is 441 g/mol. The Bertz CT molecular complexity index is 1380. The number of ether oxygens (including phenoxy) is 1. The minimum atomic E-state index is 0.589. The molecule has 0 aliphatic carbocycles. The summed E-state index contributed by atoms with van der Waals surface area (Å²) in [5.74, 6) is 0.934. The molecule has 0 N–H and O–H groups in total. The van der Waals surface area contributed by atoms with Crippen LogP contribution in [-0.4, -0.2) is 46.8 Å². The third kappa shape index (κ3) is 3.56. The Morgan fingerprint density at radius 1 is 0.844 bits per heavy atom. The molecule has 32 heavy (non-hydrogen) atoms. The number of aromatic nitrogens is 1. The van der Waals surface area contributed by atoms with E-state index in [1.54, 1.807) is 0 Å². The van der Waals surface area contributed by atoms with Crippen LogP contribution < -0.4 is 4.74 Å². The summed E-state index contributed by atoms with van der Waals surface area (Å²) in [6.07, 6.45) is 0. The fourth-order valence-corrected chi connectivity index (χ4v) is 5.89. The molecule has 162 valence electrons. The van der Waals surface area contributed by atoms with Crippen molar-refractivity contribution in [1.29, 1.82) is 0 Å². The second-order valence-corrected chi connectivity index (χ2v) is 9.73. The first-order valence-electron chi connectivity index (χ1n) is 11.3. The summed E-state index contributed by atoms with van der Waals surface area (Å²) in [5.41, 5.74) is 5.25. The Morgan fingerprint density at radius 3 is 2.47 bits per heavy atom. The van der Waals surface area contributed by atoms with E-state index in [1.165, 1.54) is 37.6 Å². The normalized spacial score (nSPS) is 15.8. The number of benzene rings is 3. The summed E-state index contributed by atoms with van der Waals surface area (Å²) in [4.78, 5) is 5.01. The van der Waals surface area contributed by atoms with Crippen LogP contribution >= 0.6 is 11.5 Å². The van der Waals surface area contributed by atoms with Gasteiger partial charge in [-0.2, -0.15) is 0 Å². The van der Waals surface area contributed by atoms with E-state index in [0.29, 0.717) is 6.61 Å². The summed E-state index contributed by atoms with van der Waals surface area (Å²) in [5, 5.41) is 2.66. The Morgan fingerprint density at radius 2 is 1.62 bits per heavy atom. The van der Waals surface area contributed by atoms with Crippen molar-refractivity contribution in [3.63, 3.8) is 0 Å². The lowest BCUT2D eigenvalue weighted by molar-refractivity contribution is 0.149. The quantitative estimate of drug-likeness (QED) is 0.352. The highest BCUT2D eigenvalue weighted by Gasteiger charge is 2.21. The van der Waals surface area contributed by atoms with Gasteiger partial charge in [-0.25, -0.2) is 0 Å². The van der Waals surface area contributed by atoms with Crippen LogP contribution in [0.1, 0.15) is 11.1 Å². The molecule has 0 spiro atoms. The average molecular weight is 442 g/mol. The number of hydrogen-bond donors (Lipinski definition) is 0. The van der Waals surface area contributed by atoms with Crippen LogP contribution in [0.25, 0.3) is 26.5 Å². The van der Waals surface area contributed by atoms with Gasteiger partial charge in [0.15, 0.2) is 0 Å². The minimum absolute atomic E-state index is 0.589. The van der Waals surface area contributed by atoms with Crippen molar-refractivity contribution in [3.05, 3.63) is 83.9 Å². The summed E-state index contributed by atoms with van der Waals surface area (Å²) in [7, 11) is 2.21. The standard InChI is InChI=1S/C27H27N3OS/c1-28-13-15-29(16-14-28)18-24-23-17-21(31-19-20-7-3-2-4-8-20)11-12-25(23)30-27(24)22-9-5-6-10-26(22)32-30/h2-12,17H,13-16,18-19H2,1H3. The molecule has 1 aliphatic rings. The molecule has 0 radical (unpaired) electrons. The predicted octanol–water partition coefficient (Wildman–Crippen LogP) is 5.63. The Balaban J connectivity index is 1.43. The van der Waals surface area contributed by atoms with Crippen LogP contribution in [0.3, 0.4) is 0 Å². The maximum Gasteiger partial charge on any atom is 0.120 e. The number of likely N-dealkylation sites (N-methyl/N-ethyl adjacent to an activating group) is 1. The molecule has 0 amide bonds. The van der Waals surface area contributed by atoms with Crippen molar-refractivity contribution >= 4 is 38.0 Å². The van der Waals surface area contributed by atoms with Crippen molar-refractivity contribution < 1.29 is 4.74 Å². The second kappa shape index (κ2) is 8.24. The largest absolute Gasteiger partial charge is 0.489 e. The zero-order chi connectivity index (χ0) is 21.5. The van der Waals surface area contributed by atoms with E-state index in [9.17, 15) is 0 Å². The molecule has 0 saturated carbocycles. The molecule has 3 aromatic carbocycles.